The first-order valence-corrected chi connectivity index (χ1v) is 7.51. The van der Waals surface area contributed by atoms with Crippen LogP contribution >= 0.6 is 0 Å². The van der Waals surface area contributed by atoms with Gasteiger partial charge in [0, 0.05) is 25.5 Å². The topological polar surface area (TPSA) is 108 Å². The fourth-order valence-corrected chi connectivity index (χ4v) is 2.72. The third-order valence-corrected chi connectivity index (χ3v) is 3.59. The largest absolute Gasteiger partial charge is 0.428 e. The fraction of sp³-hybridized carbons (Fsp3) is 0.294. The van der Waals surface area contributed by atoms with Crippen LogP contribution in [-0.4, -0.2) is 16.9 Å². The van der Waals surface area contributed by atoms with E-state index in [2.05, 4.69) is 5.32 Å². The minimum atomic E-state index is -0.893. The lowest BCUT2D eigenvalue weighted by molar-refractivity contribution is -0.385. The van der Waals surface area contributed by atoms with Crippen LogP contribution in [0, 0.1) is 10.1 Å². The SMILES string of the molecule is CC(=O)OC1=C(C)NC(C)=C(OC(C)=O)C1c1ccccc1[N+](=O)[O-]. The molecule has 1 aromatic rings. The summed E-state index contributed by atoms with van der Waals surface area (Å²) in [5.74, 6) is -1.74. The van der Waals surface area contributed by atoms with E-state index < -0.39 is 22.8 Å². The maximum atomic E-state index is 11.5. The molecule has 0 saturated heterocycles. The molecule has 1 N–H and O–H groups in total. The second kappa shape index (κ2) is 7.16. The number of carbonyl (C=O) groups is 2. The molecular formula is C17H18N2O6. The number of nitro groups is 1. The monoisotopic (exact) mass is 346 g/mol. The molecule has 0 radical (unpaired) electrons. The van der Waals surface area contributed by atoms with Crippen LogP contribution in [0.1, 0.15) is 39.2 Å². The van der Waals surface area contributed by atoms with Crippen LogP contribution < -0.4 is 5.32 Å². The molecule has 1 aliphatic heterocycles. The first kappa shape index (κ1) is 18.2. The number of esters is 2. The normalized spacial score (nSPS) is 14.9. The average molecular weight is 346 g/mol. The highest BCUT2D eigenvalue weighted by atomic mass is 16.6. The van der Waals surface area contributed by atoms with Gasteiger partial charge in [0.25, 0.3) is 5.69 Å². The van der Waals surface area contributed by atoms with Crippen LogP contribution in [0.5, 0.6) is 0 Å². The van der Waals surface area contributed by atoms with Gasteiger partial charge in [-0.3, -0.25) is 19.7 Å². The molecule has 2 rings (SSSR count). The quantitative estimate of drug-likeness (QED) is 0.507. The van der Waals surface area contributed by atoms with E-state index >= 15 is 0 Å². The zero-order valence-electron chi connectivity index (χ0n) is 14.3. The summed E-state index contributed by atoms with van der Waals surface area (Å²) in [6, 6.07) is 6.05. The number of benzene rings is 1. The van der Waals surface area contributed by atoms with Gasteiger partial charge in [-0.15, -0.1) is 0 Å². The van der Waals surface area contributed by atoms with Gasteiger partial charge >= 0.3 is 11.9 Å². The molecule has 1 heterocycles. The van der Waals surface area contributed by atoms with E-state index in [1.807, 2.05) is 0 Å². The molecule has 0 bridgehead atoms. The molecule has 0 saturated carbocycles. The van der Waals surface area contributed by atoms with Crippen molar-refractivity contribution in [3.8, 4) is 0 Å². The number of hydrogen-bond acceptors (Lipinski definition) is 7. The number of nitro benzene ring substituents is 1. The van der Waals surface area contributed by atoms with Gasteiger partial charge in [-0.25, -0.2) is 0 Å². The van der Waals surface area contributed by atoms with Crippen molar-refractivity contribution in [2.24, 2.45) is 0 Å². The third-order valence-electron chi connectivity index (χ3n) is 3.59. The van der Waals surface area contributed by atoms with Crippen LogP contribution in [0.15, 0.2) is 47.2 Å². The Hall–Kier alpha value is -3.16. The van der Waals surface area contributed by atoms with E-state index in [1.54, 1.807) is 26.0 Å². The zero-order valence-corrected chi connectivity index (χ0v) is 14.3. The van der Waals surface area contributed by atoms with Gasteiger partial charge in [-0.2, -0.15) is 0 Å². The summed E-state index contributed by atoms with van der Waals surface area (Å²) in [4.78, 5) is 33.9. The molecule has 0 amide bonds. The summed E-state index contributed by atoms with van der Waals surface area (Å²) >= 11 is 0. The van der Waals surface area contributed by atoms with Crippen LogP contribution in [0.25, 0.3) is 0 Å². The van der Waals surface area contributed by atoms with E-state index in [-0.39, 0.29) is 22.8 Å². The van der Waals surface area contributed by atoms with Crippen molar-refractivity contribution in [3.05, 3.63) is 62.9 Å². The highest BCUT2D eigenvalue weighted by Gasteiger charge is 2.37. The predicted molar refractivity (Wildman–Crippen MR) is 87.9 cm³/mol. The number of hydrogen-bond donors (Lipinski definition) is 1. The first-order chi connectivity index (χ1) is 11.7. The van der Waals surface area contributed by atoms with Crippen LogP contribution in [0.3, 0.4) is 0 Å². The minimum absolute atomic E-state index is 0.156. The molecule has 1 aliphatic rings. The van der Waals surface area contributed by atoms with E-state index in [1.165, 1.54) is 26.0 Å². The Kier molecular flexibility index (Phi) is 5.21. The molecule has 8 heteroatoms. The standard InChI is InChI=1S/C17H18N2O6/c1-9-16(24-11(3)20)15(17(10(2)18-9)25-12(4)21)13-7-5-6-8-14(13)19(22)23/h5-8,15,18H,1-4H3. The van der Waals surface area contributed by atoms with Gasteiger partial charge < -0.3 is 14.8 Å². The molecule has 0 spiro atoms. The van der Waals surface area contributed by atoms with Gasteiger partial charge in [0.1, 0.15) is 17.4 Å². The third kappa shape index (κ3) is 3.85. The molecule has 25 heavy (non-hydrogen) atoms. The Morgan fingerprint density at radius 3 is 1.96 bits per heavy atom. The summed E-state index contributed by atoms with van der Waals surface area (Å²) in [6.07, 6.45) is 0. The van der Waals surface area contributed by atoms with Crippen LogP contribution in [-0.2, 0) is 19.1 Å². The fourth-order valence-electron chi connectivity index (χ4n) is 2.72. The Labute approximate surface area is 144 Å². The molecule has 0 aliphatic carbocycles. The minimum Gasteiger partial charge on any atom is -0.428 e. The summed E-state index contributed by atoms with van der Waals surface area (Å²) in [7, 11) is 0. The summed E-state index contributed by atoms with van der Waals surface area (Å²) in [6.45, 7) is 5.81. The number of nitrogens with zero attached hydrogens (tertiary/aromatic N) is 1. The van der Waals surface area contributed by atoms with Crippen LogP contribution in [0.2, 0.25) is 0 Å². The first-order valence-electron chi connectivity index (χ1n) is 7.51. The number of ether oxygens (including phenoxy) is 2. The number of nitrogens with one attached hydrogen (secondary N) is 1. The molecule has 1 aromatic carbocycles. The molecule has 0 unspecified atom stereocenters. The van der Waals surface area contributed by atoms with E-state index in [9.17, 15) is 19.7 Å². The van der Waals surface area contributed by atoms with Crippen molar-refractivity contribution >= 4 is 17.6 Å². The Bertz CT molecular complexity index is 771. The van der Waals surface area contributed by atoms with Gasteiger partial charge in [0.05, 0.1) is 16.3 Å². The van der Waals surface area contributed by atoms with Gasteiger partial charge in [-0.1, -0.05) is 18.2 Å². The van der Waals surface area contributed by atoms with Crippen molar-refractivity contribution in [3.63, 3.8) is 0 Å². The highest BCUT2D eigenvalue weighted by Crippen LogP contribution is 2.42. The van der Waals surface area contributed by atoms with Gasteiger partial charge in [0.2, 0.25) is 0 Å². The maximum Gasteiger partial charge on any atom is 0.307 e. The number of dihydropyridines is 1. The average Bonchev–Trinajstić information content (AvgIpc) is 2.51. The Morgan fingerprint density at radius 2 is 1.52 bits per heavy atom. The number of allylic oxidation sites excluding steroid dienone is 2. The maximum absolute atomic E-state index is 11.5. The lowest BCUT2D eigenvalue weighted by atomic mass is 9.89. The van der Waals surface area contributed by atoms with E-state index in [4.69, 9.17) is 9.47 Å². The molecule has 8 nitrogen and oxygen atoms in total. The lowest BCUT2D eigenvalue weighted by Gasteiger charge is -2.30. The number of para-hydroxylation sites is 1. The zero-order chi connectivity index (χ0) is 18.7. The Balaban J connectivity index is 2.70. The van der Waals surface area contributed by atoms with Crippen LogP contribution in [0.4, 0.5) is 5.69 Å². The van der Waals surface area contributed by atoms with Crippen molar-refractivity contribution in [2.75, 3.05) is 0 Å². The molecule has 0 fully saturated rings. The number of rotatable bonds is 4. The second-order valence-electron chi connectivity index (χ2n) is 5.54. The Morgan fingerprint density at radius 1 is 1.04 bits per heavy atom. The predicted octanol–water partition coefficient (Wildman–Crippen LogP) is 2.87. The van der Waals surface area contributed by atoms with Crippen molar-refractivity contribution < 1.29 is 24.0 Å². The van der Waals surface area contributed by atoms with Crippen molar-refractivity contribution in [2.45, 2.75) is 33.6 Å². The summed E-state index contributed by atoms with van der Waals surface area (Å²) < 4.78 is 10.6. The smallest absolute Gasteiger partial charge is 0.307 e. The van der Waals surface area contributed by atoms with Gasteiger partial charge in [-0.05, 0) is 13.8 Å². The summed E-state index contributed by atoms with van der Waals surface area (Å²) in [5.41, 5.74) is 1.11. The van der Waals surface area contributed by atoms with Crippen molar-refractivity contribution in [1.29, 1.82) is 0 Å². The summed E-state index contributed by atoms with van der Waals surface area (Å²) in [5, 5.41) is 14.4. The van der Waals surface area contributed by atoms with E-state index in [0.29, 0.717) is 11.4 Å². The second-order valence-corrected chi connectivity index (χ2v) is 5.54. The molecule has 132 valence electrons. The van der Waals surface area contributed by atoms with E-state index in [0.717, 1.165) is 0 Å². The van der Waals surface area contributed by atoms with Gasteiger partial charge in [0.15, 0.2) is 0 Å². The van der Waals surface area contributed by atoms with Crippen molar-refractivity contribution in [1.82, 2.24) is 5.32 Å². The molecular weight excluding hydrogens is 328 g/mol. The lowest BCUT2D eigenvalue weighted by Crippen LogP contribution is -2.28. The highest BCUT2D eigenvalue weighted by molar-refractivity contribution is 5.70. The molecule has 0 aromatic heterocycles. The number of carbonyl (C=O) groups excluding carboxylic acids is 2. The molecule has 0 atom stereocenters.